The molecule has 0 N–H and O–H groups in total. The van der Waals surface area contributed by atoms with E-state index in [9.17, 15) is 0 Å². The van der Waals surface area contributed by atoms with Crippen molar-refractivity contribution in [2.45, 2.75) is 22.5 Å². The van der Waals surface area contributed by atoms with Crippen molar-refractivity contribution in [2.24, 2.45) is 0 Å². The third kappa shape index (κ3) is 4.94. The molecule has 0 amide bonds. The molecule has 0 aliphatic carbocycles. The van der Waals surface area contributed by atoms with E-state index in [0.29, 0.717) is 0 Å². The van der Waals surface area contributed by atoms with Crippen molar-refractivity contribution in [1.82, 2.24) is 0 Å². The van der Waals surface area contributed by atoms with Crippen molar-refractivity contribution < 1.29 is 0 Å². The zero-order chi connectivity index (χ0) is 9.73. The standard InChI is InChI=1S/C12H18Ge/c1-13(2,3)11-7-10-12-8-5-4-6-9-12/h4-10H,11H2,1-3H3. The van der Waals surface area contributed by atoms with Crippen LogP contribution in [0.2, 0.25) is 22.5 Å². The van der Waals surface area contributed by atoms with Gasteiger partial charge in [0, 0.05) is 0 Å². The quantitative estimate of drug-likeness (QED) is 0.693. The second-order valence-electron chi connectivity index (χ2n) is 4.58. The van der Waals surface area contributed by atoms with E-state index in [4.69, 9.17) is 0 Å². The first-order valence-electron chi connectivity index (χ1n) is 4.79. The van der Waals surface area contributed by atoms with Crippen molar-refractivity contribution >= 4 is 19.3 Å². The molecule has 0 atom stereocenters. The van der Waals surface area contributed by atoms with E-state index in [1.165, 1.54) is 10.8 Å². The first-order chi connectivity index (χ1) is 6.08. The second-order valence-corrected chi connectivity index (χ2v) is 16.2. The monoisotopic (exact) mass is 236 g/mol. The fourth-order valence-corrected chi connectivity index (χ4v) is 2.84. The van der Waals surface area contributed by atoms with Gasteiger partial charge in [0.1, 0.15) is 0 Å². The zero-order valence-electron chi connectivity index (χ0n) is 8.75. The van der Waals surface area contributed by atoms with Crippen LogP contribution in [-0.2, 0) is 0 Å². The van der Waals surface area contributed by atoms with E-state index in [1.807, 2.05) is 0 Å². The molecule has 0 fully saturated rings. The van der Waals surface area contributed by atoms with Gasteiger partial charge in [0.25, 0.3) is 0 Å². The summed E-state index contributed by atoms with van der Waals surface area (Å²) in [6.45, 7) is 0. The predicted octanol–water partition coefficient (Wildman–Crippen LogP) is 4.04. The molecule has 0 nitrogen and oxygen atoms in total. The average Bonchev–Trinajstić information content (AvgIpc) is 2.04. The molecule has 0 aliphatic rings. The fourth-order valence-electron chi connectivity index (χ4n) is 1.11. The molecule has 0 aliphatic heterocycles. The van der Waals surface area contributed by atoms with Crippen molar-refractivity contribution in [3.8, 4) is 0 Å². The van der Waals surface area contributed by atoms with Gasteiger partial charge < -0.3 is 0 Å². The van der Waals surface area contributed by atoms with E-state index < -0.39 is 13.3 Å². The van der Waals surface area contributed by atoms with Crippen molar-refractivity contribution in [3.05, 3.63) is 42.0 Å². The van der Waals surface area contributed by atoms with Gasteiger partial charge in [0.15, 0.2) is 0 Å². The Balaban J connectivity index is 2.51. The van der Waals surface area contributed by atoms with Gasteiger partial charge in [-0.2, -0.15) is 0 Å². The van der Waals surface area contributed by atoms with E-state index in [1.54, 1.807) is 0 Å². The number of hydrogen-bond acceptors (Lipinski definition) is 0. The summed E-state index contributed by atoms with van der Waals surface area (Å²) in [5, 5.41) is 1.31. The molecule has 1 aromatic carbocycles. The topological polar surface area (TPSA) is 0 Å². The van der Waals surface area contributed by atoms with Crippen LogP contribution in [0.4, 0.5) is 0 Å². The number of benzene rings is 1. The Morgan fingerprint density at radius 2 is 1.69 bits per heavy atom. The van der Waals surface area contributed by atoms with Gasteiger partial charge in [-0.25, -0.2) is 0 Å². The minimum atomic E-state index is -1.35. The van der Waals surface area contributed by atoms with Gasteiger partial charge in [0.05, 0.1) is 0 Å². The SMILES string of the molecule is [CH3][Ge]([CH3])([CH3])[CH2]C=Cc1ccccc1. The molecule has 0 saturated heterocycles. The van der Waals surface area contributed by atoms with Crippen LogP contribution in [0.5, 0.6) is 0 Å². The van der Waals surface area contributed by atoms with Crippen LogP contribution in [-0.4, -0.2) is 13.3 Å². The average molecular weight is 235 g/mol. The van der Waals surface area contributed by atoms with Gasteiger partial charge in [-0.15, -0.1) is 0 Å². The van der Waals surface area contributed by atoms with Gasteiger partial charge >= 0.3 is 83.8 Å². The molecule has 0 aromatic heterocycles. The maximum atomic E-state index is 2.44. The molecule has 13 heavy (non-hydrogen) atoms. The Morgan fingerprint density at radius 3 is 2.23 bits per heavy atom. The molecule has 0 unspecified atom stereocenters. The Kier molecular flexibility index (Phi) is 3.79. The third-order valence-corrected chi connectivity index (χ3v) is 4.90. The molecule has 1 heteroatoms. The summed E-state index contributed by atoms with van der Waals surface area (Å²) < 4.78 is 0. The molecule has 1 rings (SSSR count). The summed E-state index contributed by atoms with van der Waals surface area (Å²) >= 11 is -1.35. The van der Waals surface area contributed by atoms with E-state index in [0.717, 1.165) is 0 Å². The third-order valence-electron chi connectivity index (χ3n) is 1.84. The molecule has 0 saturated carbocycles. The summed E-state index contributed by atoms with van der Waals surface area (Å²) in [4.78, 5) is 0. The number of hydrogen-bond donors (Lipinski definition) is 0. The van der Waals surface area contributed by atoms with Crippen molar-refractivity contribution in [3.63, 3.8) is 0 Å². The van der Waals surface area contributed by atoms with Crippen LogP contribution in [0.15, 0.2) is 36.4 Å². The van der Waals surface area contributed by atoms with E-state index in [-0.39, 0.29) is 0 Å². The number of allylic oxidation sites excluding steroid dienone is 1. The van der Waals surface area contributed by atoms with Crippen LogP contribution < -0.4 is 0 Å². The van der Waals surface area contributed by atoms with Gasteiger partial charge in [0.2, 0.25) is 0 Å². The summed E-state index contributed by atoms with van der Waals surface area (Å²) in [5.41, 5.74) is 1.31. The van der Waals surface area contributed by atoms with Crippen molar-refractivity contribution in [1.29, 1.82) is 0 Å². The second kappa shape index (κ2) is 4.66. The Morgan fingerprint density at radius 1 is 1.08 bits per heavy atom. The van der Waals surface area contributed by atoms with Crippen LogP contribution in [0.25, 0.3) is 6.08 Å². The minimum absolute atomic E-state index is 1.31. The van der Waals surface area contributed by atoms with Gasteiger partial charge in [-0.1, -0.05) is 0 Å². The summed E-state index contributed by atoms with van der Waals surface area (Å²) in [7, 11) is 0. The fraction of sp³-hybridized carbons (Fsp3) is 0.333. The molecule has 1 aromatic rings. The molecule has 70 valence electrons. The summed E-state index contributed by atoms with van der Waals surface area (Å²) in [6.07, 6.45) is 4.56. The molecule has 0 radical (unpaired) electrons. The molecule has 0 bridgehead atoms. The molecule has 0 heterocycles. The predicted molar refractivity (Wildman–Crippen MR) is 63.6 cm³/mol. The zero-order valence-corrected chi connectivity index (χ0v) is 10.8. The van der Waals surface area contributed by atoms with E-state index in [2.05, 4.69) is 59.8 Å². The first-order valence-corrected chi connectivity index (χ1v) is 12.6. The van der Waals surface area contributed by atoms with Crippen LogP contribution in [0.3, 0.4) is 0 Å². The summed E-state index contributed by atoms with van der Waals surface area (Å²) in [5.74, 6) is 7.32. The molecular formula is C12H18Ge. The van der Waals surface area contributed by atoms with Gasteiger partial charge in [-0.05, 0) is 0 Å². The normalized spacial score (nSPS) is 12.2. The van der Waals surface area contributed by atoms with Gasteiger partial charge in [-0.3, -0.25) is 0 Å². The molecular weight excluding hydrogens is 217 g/mol. The number of rotatable bonds is 3. The Hall–Kier alpha value is -0.497. The van der Waals surface area contributed by atoms with Crippen molar-refractivity contribution in [2.75, 3.05) is 0 Å². The van der Waals surface area contributed by atoms with Crippen LogP contribution in [0, 0.1) is 0 Å². The van der Waals surface area contributed by atoms with Crippen LogP contribution >= 0.6 is 0 Å². The molecule has 0 spiro atoms. The maximum absolute atomic E-state index is 2.44. The van der Waals surface area contributed by atoms with Crippen LogP contribution in [0.1, 0.15) is 5.56 Å². The Bertz CT molecular complexity index is 267. The first kappa shape index (κ1) is 10.6. The summed E-state index contributed by atoms with van der Waals surface area (Å²) in [6, 6.07) is 10.5. The van der Waals surface area contributed by atoms with E-state index >= 15 is 0 Å². The Labute approximate surface area is 84.0 Å².